The fraction of sp³-hybridized carbons (Fsp3) is 0.294. The summed E-state index contributed by atoms with van der Waals surface area (Å²) in [7, 11) is 0. The second kappa shape index (κ2) is 7.32. The molecule has 0 radical (unpaired) electrons. The van der Waals surface area contributed by atoms with Crippen LogP contribution in [0.5, 0.6) is 5.75 Å². The molecule has 0 aliphatic heterocycles. The Balaban J connectivity index is 2.41. The molecule has 0 amide bonds. The van der Waals surface area contributed by atoms with E-state index in [2.05, 4.69) is 4.74 Å². The van der Waals surface area contributed by atoms with Gasteiger partial charge in [0.2, 0.25) is 0 Å². The number of rotatable bonds is 5. The number of benzene rings is 2. The lowest BCUT2D eigenvalue weighted by atomic mass is 9.91. The Bertz CT molecular complexity index is 815. The molecule has 0 aliphatic rings. The monoisotopic (exact) mass is 402 g/mol. The Hall–Kier alpha value is -2.39. The van der Waals surface area contributed by atoms with Crippen molar-refractivity contribution < 1.29 is 44.3 Å². The number of halogens is 9. The summed E-state index contributed by atoms with van der Waals surface area (Å²) in [5, 5.41) is 0. The van der Waals surface area contributed by atoms with Gasteiger partial charge in [-0.15, -0.1) is 0 Å². The third-order valence-electron chi connectivity index (χ3n) is 3.70. The molecule has 2 aromatic carbocycles. The average Bonchev–Trinajstić information content (AvgIpc) is 2.52. The van der Waals surface area contributed by atoms with Crippen molar-refractivity contribution in [2.75, 3.05) is 0 Å². The molecular formula is C17H11F9O. The van der Waals surface area contributed by atoms with E-state index in [0.717, 1.165) is 18.2 Å². The van der Waals surface area contributed by atoms with E-state index in [1.54, 1.807) is 0 Å². The minimum absolute atomic E-state index is 0.0964. The van der Waals surface area contributed by atoms with Crippen LogP contribution in [0.1, 0.15) is 29.5 Å². The minimum atomic E-state index is -4.98. The summed E-state index contributed by atoms with van der Waals surface area (Å²) in [5.41, 5.74) is -1.78. The predicted molar refractivity (Wildman–Crippen MR) is 76.9 cm³/mol. The van der Waals surface area contributed by atoms with Gasteiger partial charge < -0.3 is 4.74 Å². The van der Waals surface area contributed by atoms with Gasteiger partial charge in [0.25, 0.3) is 0 Å². The van der Waals surface area contributed by atoms with E-state index >= 15 is 0 Å². The first-order chi connectivity index (χ1) is 12.3. The number of hydrogen-bond acceptors (Lipinski definition) is 1. The summed E-state index contributed by atoms with van der Waals surface area (Å²) in [6, 6.07) is 4.11. The van der Waals surface area contributed by atoms with E-state index in [4.69, 9.17) is 0 Å². The maximum Gasteiger partial charge on any atom is 0.461 e. The first-order valence-electron chi connectivity index (χ1n) is 7.33. The van der Waals surface area contributed by atoms with Crippen molar-refractivity contribution in [2.45, 2.75) is 31.6 Å². The molecule has 0 saturated heterocycles. The topological polar surface area (TPSA) is 9.23 Å². The lowest BCUT2D eigenvalue weighted by molar-refractivity contribution is -0.253. The summed E-state index contributed by atoms with van der Waals surface area (Å²) in [6.45, 7) is 1.30. The van der Waals surface area contributed by atoms with Gasteiger partial charge in [-0.2, -0.15) is 30.7 Å². The molecule has 0 aliphatic carbocycles. The minimum Gasteiger partial charge on any atom is -0.428 e. The molecule has 2 rings (SSSR count). The Morgan fingerprint density at radius 2 is 1.48 bits per heavy atom. The van der Waals surface area contributed by atoms with Crippen LogP contribution in [0.2, 0.25) is 0 Å². The van der Waals surface area contributed by atoms with E-state index in [-0.39, 0.29) is 11.1 Å². The highest BCUT2D eigenvalue weighted by atomic mass is 19.4. The van der Waals surface area contributed by atoms with Gasteiger partial charge in [0, 0.05) is 12.0 Å². The van der Waals surface area contributed by atoms with Crippen LogP contribution in [-0.4, -0.2) is 12.5 Å². The first kappa shape index (κ1) is 20.9. The van der Waals surface area contributed by atoms with Crippen LogP contribution in [0.15, 0.2) is 36.4 Å². The van der Waals surface area contributed by atoms with E-state index in [0.29, 0.717) is 18.2 Å². The van der Waals surface area contributed by atoms with Gasteiger partial charge in [-0.25, -0.2) is 8.78 Å². The molecule has 1 atom stereocenters. The standard InChI is InChI=1S/C17H11F9O/c1-8(9-2-3-14(19)13(6-9)16(22,23)24)10-4-11(18)7-12(5-10)27-17(25,26)15(20)21/h2-8,15H,1H3/t8-/m1/s1. The van der Waals surface area contributed by atoms with Crippen LogP contribution in [0.4, 0.5) is 39.5 Å². The summed E-state index contributed by atoms with van der Waals surface area (Å²) in [4.78, 5) is 0. The molecule has 0 spiro atoms. The zero-order valence-corrected chi connectivity index (χ0v) is 13.4. The van der Waals surface area contributed by atoms with Crippen LogP contribution in [0, 0.1) is 11.6 Å². The fourth-order valence-corrected chi connectivity index (χ4v) is 2.32. The molecule has 0 unspecified atom stereocenters. The predicted octanol–water partition coefficient (Wildman–Crippen LogP) is 6.37. The summed E-state index contributed by atoms with van der Waals surface area (Å²) in [6.07, 6.45) is -14.0. The summed E-state index contributed by atoms with van der Waals surface area (Å²) >= 11 is 0. The van der Waals surface area contributed by atoms with Gasteiger partial charge in [0.15, 0.2) is 0 Å². The maximum atomic E-state index is 13.7. The molecule has 2 aromatic rings. The van der Waals surface area contributed by atoms with Gasteiger partial charge in [0.05, 0.1) is 5.56 Å². The van der Waals surface area contributed by atoms with Crippen LogP contribution < -0.4 is 4.74 Å². The molecule has 148 valence electrons. The number of alkyl halides is 7. The van der Waals surface area contributed by atoms with Crippen molar-refractivity contribution in [1.82, 2.24) is 0 Å². The smallest absolute Gasteiger partial charge is 0.428 e. The fourth-order valence-electron chi connectivity index (χ4n) is 2.32. The van der Waals surface area contributed by atoms with Crippen molar-refractivity contribution in [3.63, 3.8) is 0 Å². The van der Waals surface area contributed by atoms with Crippen molar-refractivity contribution in [3.05, 3.63) is 64.7 Å². The molecular weight excluding hydrogens is 391 g/mol. The zero-order valence-electron chi connectivity index (χ0n) is 13.4. The van der Waals surface area contributed by atoms with Crippen molar-refractivity contribution in [3.8, 4) is 5.75 Å². The third-order valence-corrected chi connectivity index (χ3v) is 3.70. The lowest BCUT2D eigenvalue weighted by Crippen LogP contribution is -2.33. The lowest BCUT2D eigenvalue weighted by Gasteiger charge is -2.19. The highest BCUT2D eigenvalue weighted by Crippen LogP contribution is 2.36. The van der Waals surface area contributed by atoms with E-state index in [1.807, 2.05) is 0 Å². The molecule has 27 heavy (non-hydrogen) atoms. The van der Waals surface area contributed by atoms with Gasteiger partial charge in [-0.1, -0.05) is 13.0 Å². The Morgan fingerprint density at radius 1 is 0.852 bits per heavy atom. The molecule has 0 aromatic heterocycles. The highest BCUT2D eigenvalue weighted by Gasteiger charge is 2.44. The molecule has 0 N–H and O–H groups in total. The van der Waals surface area contributed by atoms with E-state index in [9.17, 15) is 39.5 Å². The van der Waals surface area contributed by atoms with Crippen LogP contribution in [-0.2, 0) is 6.18 Å². The van der Waals surface area contributed by atoms with Crippen LogP contribution in [0.3, 0.4) is 0 Å². The molecule has 0 heterocycles. The highest BCUT2D eigenvalue weighted by molar-refractivity contribution is 5.39. The van der Waals surface area contributed by atoms with Gasteiger partial charge in [0.1, 0.15) is 17.4 Å². The number of ether oxygens (including phenoxy) is 1. The molecule has 1 nitrogen and oxygen atoms in total. The summed E-state index contributed by atoms with van der Waals surface area (Å²) < 4.78 is 120. The number of hydrogen-bond donors (Lipinski definition) is 0. The molecule has 0 fully saturated rings. The van der Waals surface area contributed by atoms with Gasteiger partial charge >= 0.3 is 18.7 Å². The van der Waals surface area contributed by atoms with Crippen LogP contribution in [0.25, 0.3) is 0 Å². The van der Waals surface area contributed by atoms with Crippen LogP contribution >= 0.6 is 0 Å². The normalized spacial score (nSPS) is 13.7. The third kappa shape index (κ3) is 4.86. The van der Waals surface area contributed by atoms with Crippen molar-refractivity contribution in [2.24, 2.45) is 0 Å². The second-order valence-electron chi connectivity index (χ2n) is 5.64. The first-order valence-corrected chi connectivity index (χ1v) is 7.33. The Morgan fingerprint density at radius 3 is 2.04 bits per heavy atom. The maximum absolute atomic E-state index is 13.7. The van der Waals surface area contributed by atoms with Gasteiger partial charge in [-0.05, 0) is 35.4 Å². The Kier molecular flexibility index (Phi) is 5.67. The Labute approximate surface area is 147 Å². The average molecular weight is 402 g/mol. The molecule has 10 heteroatoms. The van der Waals surface area contributed by atoms with Crippen molar-refractivity contribution in [1.29, 1.82) is 0 Å². The largest absolute Gasteiger partial charge is 0.461 e. The van der Waals surface area contributed by atoms with Gasteiger partial charge in [-0.3, -0.25) is 0 Å². The SMILES string of the molecule is C[C@@H](c1cc(F)cc(OC(F)(F)C(F)F)c1)c1ccc(F)c(C(F)(F)F)c1. The summed E-state index contributed by atoms with van der Waals surface area (Å²) in [5.74, 6) is -4.58. The second-order valence-corrected chi connectivity index (χ2v) is 5.64. The quantitative estimate of drug-likeness (QED) is 0.528. The molecule has 0 saturated carbocycles. The van der Waals surface area contributed by atoms with E-state index in [1.165, 1.54) is 6.92 Å². The van der Waals surface area contributed by atoms with Crippen molar-refractivity contribution >= 4 is 0 Å². The van der Waals surface area contributed by atoms with E-state index < -0.39 is 47.6 Å². The zero-order chi connectivity index (χ0) is 20.6. The molecule has 0 bridgehead atoms.